The van der Waals surface area contributed by atoms with Gasteiger partial charge in [0.05, 0.1) is 5.97 Å². The summed E-state index contributed by atoms with van der Waals surface area (Å²) in [6.07, 6.45) is 10.9. The Bertz CT molecular complexity index is 421. The van der Waals surface area contributed by atoms with Gasteiger partial charge in [-0.3, -0.25) is 4.55 Å². The molecule has 0 unspecified atom stereocenters. The number of carbonyl (C=O) groups excluding carboxylic acids is 1. The van der Waals surface area contributed by atoms with Crippen LogP contribution in [0.5, 0.6) is 0 Å². The standard InChI is InChI=1S/C18H36O5S.Na/c1-3-5-7-9-11-13-15-18(17(19)20,24(21,22)23)16-14-12-10-8-6-4-2;/h3-16H2,1-2H3,(H,19,20)(H,21,22,23);/q;+1/p-1. The molecule has 1 N–H and O–H groups in total. The van der Waals surface area contributed by atoms with Crippen LogP contribution in [-0.4, -0.2) is 23.7 Å². The molecule has 0 heterocycles. The van der Waals surface area contributed by atoms with Gasteiger partial charge >= 0.3 is 29.6 Å². The maximum atomic E-state index is 11.8. The minimum Gasteiger partial charge on any atom is -0.548 e. The zero-order valence-corrected chi connectivity index (χ0v) is 19.2. The Balaban J connectivity index is 0. The summed E-state index contributed by atoms with van der Waals surface area (Å²) in [6, 6.07) is 0. The van der Waals surface area contributed by atoms with Gasteiger partial charge in [0.2, 0.25) is 0 Å². The summed E-state index contributed by atoms with van der Waals surface area (Å²) in [4.78, 5) is 11.6. The van der Waals surface area contributed by atoms with E-state index >= 15 is 0 Å². The van der Waals surface area contributed by atoms with Crippen molar-refractivity contribution >= 4 is 16.1 Å². The fourth-order valence-electron chi connectivity index (χ4n) is 3.07. The second-order valence-corrected chi connectivity index (χ2v) is 8.52. The van der Waals surface area contributed by atoms with E-state index in [9.17, 15) is 22.9 Å². The van der Waals surface area contributed by atoms with Crippen molar-refractivity contribution in [3.63, 3.8) is 0 Å². The van der Waals surface area contributed by atoms with Crippen LogP contribution < -0.4 is 34.7 Å². The van der Waals surface area contributed by atoms with Gasteiger partial charge in [-0.1, -0.05) is 90.9 Å². The second kappa shape index (κ2) is 15.4. The first kappa shape index (κ1) is 27.6. The van der Waals surface area contributed by atoms with Gasteiger partial charge in [-0.05, 0) is 12.8 Å². The fraction of sp³-hybridized carbons (Fsp3) is 0.944. The van der Waals surface area contributed by atoms with Crippen molar-refractivity contribution in [3.05, 3.63) is 0 Å². The number of aliphatic carboxylic acids is 1. The molecule has 25 heavy (non-hydrogen) atoms. The number of unbranched alkanes of at least 4 members (excludes halogenated alkanes) is 10. The molecule has 0 spiro atoms. The first-order valence-electron chi connectivity index (χ1n) is 9.50. The maximum absolute atomic E-state index is 11.8. The van der Waals surface area contributed by atoms with Crippen LogP contribution in [0.2, 0.25) is 0 Å². The molecule has 0 aromatic carbocycles. The molecule has 0 aliphatic rings. The number of carbonyl (C=O) groups is 1. The van der Waals surface area contributed by atoms with E-state index in [1.54, 1.807) is 0 Å². The van der Waals surface area contributed by atoms with Crippen molar-refractivity contribution in [2.24, 2.45) is 0 Å². The SMILES string of the molecule is CCCCCCCCC(CCCCCCCC)(C(=O)[O-])S(=O)(=O)O.[Na+]. The van der Waals surface area contributed by atoms with Crippen molar-refractivity contribution < 1.29 is 52.4 Å². The average Bonchev–Trinajstić information content (AvgIpc) is 2.50. The predicted molar refractivity (Wildman–Crippen MR) is 95.3 cm³/mol. The Morgan fingerprint density at radius 2 is 1.12 bits per heavy atom. The topological polar surface area (TPSA) is 94.5 Å². The quantitative estimate of drug-likeness (QED) is 0.241. The Kier molecular flexibility index (Phi) is 17.0. The smallest absolute Gasteiger partial charge is 0.548 e. The van der Waals surface area contributed by atoms with Gasteiger partial charge in [0, 0.05) is 0 Å². The third-order valence-electron chi connectivity index (χ3n) is 4.73. The summed E-state index contributed by atoms with van der Waals surface area (Å²) in [7, 11) is -4.68. The molecule has 0 rings (SSSR count). The van der Waals surface area contributed by atoms with E-state index in [1.165, 1.54) is 0 Å². The van der Waals surface area contributed by atoms with Crippen LogP contribution in [0, 0.1) is 0 Å². The van der Waals surface area contributed by atoms with E-state index in [1.807, 2.05) is 0 Å². The molecular weight excluding hydrogens is 351 g/mol. The van der Waals surface area contributed by atoms with Gasteiger partial charge in [0.15, 0.2) is 0 Å². The third-order valence-corrected chi connectivity index (χ3v) is 6.30. The minimum absolute atomic E-state index is 0. The number of carboxylic acid groups (broad SMARTS) is 1. The van der Waals surface area contributed by atoms with E-state index < -0.39 is 20.8 Å². The molecule has 0 radical (unpaired) electrons. The van der Waals surface area contributed by atoms with Crippen molar-refractivity contribution in [3.8, 4) is 0 Å². The van der Waals surface area contributed by atoms with E-state index in [-0.39, 0.29) is 42.4 Å². The first-order chi connectivity index (χ1) is 11.3. The molecule has 0 amide bonds. The molecule has 0 atom stereocenters. The summed E-state index contributed by atoms with van der Waals surface area (Å²) in [5.74, 6) is -1.66. The number of rotatable bonds is 16. The van der Waals surface area contributed by atoms with E-state index in [2.05, 4.69) is 13.8 Å². The van der Waals surface area contributed by atoms with E-state index in [4.69, 9.17) is 0 Å². The monoisotopic (exact) mass is 386 g/mol. The molecule has 0 bridgehead atoms. The van der Waals surface area contributed by atoms with Crippen LogP contribution in [0.25, 0.3) is 0 Å². The maximum Gasteiger partial charge on any atom is 1.00 e. The van der Waals surface area contributed by atoms with Crippen LogP contribution >= 0.6 is 0 Å². The summed E-state index contributed by atoms with van der Waals surface area (Å²) in [5, 5.41) is 11.6. The zero-order valence-electron chi connectivity index (χ0n) is 16.4. The van der Waals surface area contributed by atoms with Crippen LogP contribution in [0.3, 0.4) is 0 Å². The molecule has 0 aliphatic carbocycles. The van der Waals surface area contributed by atoms with Gasteiger partial charge < -0.3 is 9.90 Å². The van der Waals surface area contributed by atoms with Crippen LogP contribution in [0.1, 0.15) is 104 Å². The van der Waals surface area contributed by atoms with Crippen LogP contribution in [0.15, 0.2) is 0 Å². The van der Waals surface area contributed by atoms with E-state index in [0.717, 1.165) is 64.2 Å². The summed E-state index contributed by atoms with van der Waals surface area (Å²) in [6.45, 7) is 4.22. The Hall–Kier alpha value is 0.380. The van der Waals surface area contributed by atoms with Gasteiger partial charge in [-0.25, -0.2) is 0 Å². The van der Waals surface area contributed by atoms with Gasteiger partial charge in [0.1, 0.15) is 4.75 Å². The molecule has 7 heteroatoms. The molecule has 0 aliphatic heterocycles. The number of hydrogen-bond donors (Lipinski definition) is 1. The Labute approximate surface area is 176 Å². The third kappa shape index (κ3) is 11.0. The molecule has 0 saturated heterocycles. The molecule has 144 valence electrons. The number of hydrogen-bond acceptors (Lipinski definition) is 4. The average molecular weight is 387 g/mol. The molecular formula is C18H35NaO5S. The second-order valence-electron chi connectivity index (χ2n) is 6.79. The molecule has 0 aromatic heterocycles. The zero-order chi connectivity index (χ0) is 18.5. The van der Waals surface area contributed by atoms with Crippen molar-refractivity contribution in [2.45, 2.75) is 108 Å². The molecule has 5 nitrogen and oxygen atoms in total. The predicted octanol–water partition coefficient (Wildman–Crippen LogP) is 0.868. The van der Waals surface area contributed by atoms with Gasteiger partial charge in [-0.2, -0.15) is 8.42 Å². The molecule has 0 saturated carbocycles. The van der Waals surface area contributed by atoms with Crippen molar-refractivity contribution in [1.82, 2.24) is 0 Å². The largest absolute Gasteiger partial charge is 1.00 e. The van der Waals surface area contributed by atoms with Crippen molar-refractivity contribution in [1.29, 1.82) is 0 Å². The molecule has 0 fully saturated rings. The molecule has 0 aromatic rings. The van der Waals surface area contributed by atoms with Crippen LogP contribution in [0.4, 0.5) is 0 Å². The number of carboxylic acids is 1. The summed E-state index contributed by atoms with van der Waals surface area (Å²) in [5.41, 5.74) is 0. The van der Waals surface area contributed by atoms with Gasteiger partial charge in [-0.15, -0.1) is 0 Å². The summed E-state index contributed by atoms with van der Waals surface area (Å²) < 4.78 is 30.9. The fourth-order valence-corrected chi connectivity index (χ4v) is 4.09. The van der Waals surface area contributed by atoms with Crippen LogP contribution in [-0.2, 0) is 14.9 Å². The first-order valence-corrected chi connectivity index (χ1v) is 10.9. The van der Waals surface area contributed by atoms with Gasteiger partial charge in [0.25, 0.3) is 10.1 Å². The van der Waals surface area contributed by atoms with E-state index in [0.29, 0.717) is 12.8 Å². The Morgan fingerprint density at radius 3 is 1.40 bits per heavy atom. The van der Waals surface area contributed by atoms with Crippen molar-refractivity contribution in [2.75, 3.05) is 0 Å². The Morgan fingerprint density at radius 1 is 0.800 bits per heavy atom. The normalized spacial score (nSPS) is 12.0. The minimum atomic E-state index is -4.68. The summed E-state index contributed by atoms with van der Waals surface area (Å²) >= 11 is 0.